The fraction of sp³-hybridized carbons (Fsp3) is 0.174. The summed E-state index contributed by atoms with van der Waals surface area (Å²) in [6, 6.07) is 40.4. The van der Waals surface area contributed by atoms with E-state index >= 15 is 0 Å². The summed E-state index contributed by atoms with van der Waals surface area (Å²) in [7, 11) is 0. The van der Waals surface area contributed by atoms with Gasteiger partial charge in [-0.05, 0) is 106 Å². The summed E-state index contributed by atoms with van der Waals surface area (Å²) in [6.07, 6.45) is 13.9. The minimum atomic E-state index is 0.247. The average molecular weight is 606 g/mol. The molecule has 0 N–H and O–H groups in total. The van der Waals surface area contributed by atoms with E-state index in [0.717, 1.165) is 12.8 Å². The average Bonchev–Trinajstić information content (AvgIpc) is 3.57. The topological polar surface area (TPSA) is 4.93 Å². The van der Waals surface area contributed by atoms with Crippen LogP contribution < -0.4 is 0 Å². The Labute approximate surface area is 277 Å². The highest BCUT2D eigenvalue weighted by atomic mass is 15.0. The second-order valence-electron chi connectivity index (χ2n) is 14.0. The van der Waals surface area contributed by atoms with Crippen molar-refractivity contribution in [3.63, 3.8) is 0 Å². The minimum absolute atomic E-state index is 0.247. The molecule has 0 amide bonds. The Balaban J connectivity index is 0.000000169. The molecule has 0 radical (unpaired) electrons. The van der Waals surface area contributed by atoms with Crippen molar-refractivity contribution in [1.82, 2.24) is 4.57 Å². The first-order chi connectivity index (χ1) is 23.0. The van der Waals surface area contributed by atoms with Gasteiger partial charge < -0.3 is 4.57 Å². The fourth-order valence-corrected chi connectivity index (χ4v) is 8.66. The molecule has 0 fully saturated rings. The van der Waals surface area contributed by atoms with Crippen molar-refractivity contribution in [1.29, 1.82) is 0 Å². The molecule has 0 saturated carbocycles. The maximum atomic E-state index is 2.50. The number of hydrogen-bond donors (Lipinski definition) is 0. The lowest BCUT2D eigenvalue weighted by Crippen LogP contribution is -2.17. The van der Waals surface area contributed by atoms with Gasteiger partial charge in [0.05, 0.1) is 5.52 Å². The third-order valence-corrected chi connectivity index (χ3v) is 10.9. The van der Waals surface area contributed by atoms with Gasteiger partial charge in [-0.1, -0.05) is 134 Å². The van der Waals surface area contributed by atoms with Crippen LogP contribution in [-0.4, -0.2) is 4.57 Å². The molecule has 1 heterocycles. The molecule has 6 aromatic carbocycles. The van der Waals surface area contributed by atoms with Crippen molar-refractivity contribution < 1.29 is 0 Å². The first kappa shape index (κ1) is 28.1. The van der Waals surface area contributed by atoms with Crippen molar-refractivity contribution in [2.75, 3.05) is 0 Å². The summed E-state index contributed by atoms with van der Waals surface area (Å²) >= 11 is 0. The highest BCUT2D eigenvalue weighted by Crippen LogP contribution is 2.49. The van der Waals surface area contributed by atoms with Crippen LogP contribution in [0.3, 0.4) is 0 Å². The number of allylic oxidation sites excluding steroid dienone is 5. The van der Waals surface area contributed by atoms with Crippen LogP contribution in [0.1, 0.15) is 61.1 Å². The Hall–Kier alpha value is -5.14. The first-order valence-corrected chi connectivity index (χ1v) is 17.1. The van der Waals surface area contributed by atoms with E-state index in [4.69, 9.17) is 0 Å². The summed E-state index contributed by atoms with van der Waals surface area (Å²) in [5, 5.41) is 9.31. The minimum Gasteiger partial charge on any atom is -0.313 e. The van der Waals surface area contributed by atoms with Crippen LogP contribution in [0.15, 0.2) is 133 Å². The third kappa shape index (κ3) is 4.29. The molecule has 1 nitrogen and oxygen atoms in total. The van der Waals surface area contributed by atoms with Gasteiger partial charge in [-0.3, -0.25) is 0 Å². The quantitative estimate of drug-likeness (QED) is 0.164. The van der Waals surface area contributed by atoms with Crippen molar-refractivity contribution >= 4 is 54.9 Å². The van der Waals surface area contributed by atoms with E-state index in [2.05, 4.69) is 159 Å². The van der Waals surface area contributed by atoms with Crippen LogP contribution in [0.5, 0.6) is 0 Å². The lowest BCUT2D eigenvalue weighted by Gasteiger charge is -2.25. The molecule has 0 spiro atoms. The largest absolute Gasteiger partial charge is 0.313 e. The van der Waals surface area contributed by atoms with Crippen LogP contribution in [0.2, 0.25) is 0 Å². The smallest absolute Gasteiger partial charge is 0.0537 e. The molecular formula is C46H39N. The van der Waals surface area contributed by atoms with Crippen molar-refractivity contribution in [3.8, 4) is 5.69 Å². The summed E-state index contributed by atoms with van der Waals surface area (Å²) in [6.45, 7) is 6.89. The third-order valence-electron chi connectivity index (χ3n) is 10.9. The number of nitrogens with zero attached hydrogens (tertiary/aromatic N) is 1. The SMILES string of the molecule is CC1(C)C2=C(C=CCC2)c2ccccc21.Cc1ccc2c(c1)c1c(n2-c2ccc3c4ccccc4c4ccccc4c3c2)CCC=C1. The highest BCUT2D eigenvalue weighted by molar-refractivity contribution is 6.25. The number of benzene rings is 6. The number of aromatic nitrogens is 1. The van der Waals surface area contributed by atoms with Crippen molar-refractivity contribution in [2.24, 2.45) is 0 Å². The molecule has 0 saturated heterocycles. The van der Waals surface area contributed by atoms with E-state index in [1.807, 2.05) is 0 Å². The molecule has 1 heteroatoms. The summed E-state index contributed by atoms with van der Waals surface area (Å²) in [5.74, 6) is 0. The van der Waals surface area contributed by atoms with Gasteiger partial charge in [-0.15, -0.1) is 0 Å². The van der Waals surface area contributed by atoms with Gasteiger partial charge in [-0.25, -0.2) is 0 Å². The first-order valence-electron chi connectivity index (χ1n) is 17.1. The number of aryl methyl sites for hydroxylation is 1. The molecule has 10 rings (SSSR count). The summed E-state index contributed by atoms with van der Waals surface area (Å²) in [5.41, 5.74) is 13.0. The molecule has 7 aromatic rings. The summed E-state index contributed by atoms with van der Waals surface area (Å²) < 4.78 is 2.50. The van der Waals surface area contributed by atoms with Crippen LogP contribution in [0.25, 0.3) is 60.6 Å². The van der Waals surface area contributed by atoms with Gasteiger partial charge in [0.2, 0.25) is 0 Å². The Kier molecular flexibility index (Phi) is 6.41. The monoisotopic (exact) mass is 605 g/mol. The van der Waals surface area contributed by atoms with E-state index in [1.54, 1.807) is 5.57 Å². The van der Waals surface area contributed by atoms with Crippen LogP contribution in [0.4, 0.5) is 0 Å². The number of fused-ring (bicyclic) bond motifs is 11. The van der Waals surface area contributed by atoms with E-state index in [1.165, 1.54) is 95.3 Å². The Bertz CT molecular complexity index is 2460. The van der Waals surface area contributed by atoms with Crippen molar-refractivity contribution in [3.05, 3.63) is 161 Å². The van der Waals surface area contributed by atoms with Gasteiger partial charge in [-0.2, -0.15) is 0 Å². The summed E-state index contributed by atoms with van der Waals surface area (Å²) in [4.78, 5) is 0. The zero-order chi connectivity index (χ0) is 31.7. The lowest BCUT2D eigenvalue weighted by atomic mass is 9.79. The predicted octanol–water partition coefficient (Wildman–Crippen LogP) is 12.4. The van der Waals surface area contributed by atoms with Crippen molar-refractivity contribution in [2.45, 2.75) is 51.9 Å². The Morgan fingerprint density at radius 3 is 1.98 bits per heavy atom. The van der Waals surface area contributed by atoms with E-state index in [-0.39, 0.29) is 5.41 Å². The molecule has 0 atom stereocenters. The van der Waals surface area contributed by atoms with Gasteiger partial charge in [0, 0.05) is 27.7 Å². The van der Waals surface area contributed by atoms with E-state index < -0.39 is 0 Å². The van der Waals surface area contributed by atoms with E-state index in [0.29, 0.717) is 0 Å². The molecule has 0 unspecified atom stereocenters. The van der Waals surface area contributed by atoms with Crippen LogP contribution in [0, 0.1) is 6.92 Å². The molecule has 47 heavy (non-hydrogen) atoms. The maximum absolute atomic E-state index is 2.50. The molecule has 0 bridgehead atoms. The molecule has 228 valence electrons. The molecular weight excluding hydrogens is 567 g/mol. The van der Waals surface area contributed by atoms with E-state index in [9.17, 15) is 0 Å². The lowest BCUT2D eigenvalue weighted by molar-refractivity contribution is 0.607. The Morgan fingerprint density at radius 2 is 1.21 bits per heavy atom. The molecule has 1 aromatic heterocycles. The highest BCUT2D eigenvalue weighted by Gasteiger charge is 2.36. The number of rotatable bonds is 1. The second-order valence-corrected chi connectivity index (χ2v) is 14.0. The van der Waals surface area contributed by atoms with Gasteiger partial charge in [0.1, 0.15) is 0 Å². The van der Waals surface area contributed by atoms with Gasteiger partial charge >= 0.3 is 0 Å². The van der Waals surface area contributed by atoms with Gasteiger partial charge in [0.15, 0.2) is 0 Å². The zero-order valence-electron chi connectivity index (χ0n) is 27.5. The number of hydrogen-bond acceptors (Lipinski definition) is 0. The predicted molar refractivity (Wildman–Crippen MR) is 203 cm³/mol. The second kappa shape index (κ2) is 10.7. The fourth-order valence-electron chi connectivity index (χ4n) is 8.66. The van der Waals surface area contributed by atoms with Crippen LogP contribution in [-0.2, 0) is 11.8 Å². The normalized spacial score (nSPS) is 16.0. The molecule has 0 aliphatic heterocycles. The Morgan fingerprint density at radius 1 is 0.574 bits per heavy atom. The maximum Gasteiger partial charge on any atom is 0.0537 e. The standard InChI is InChI=1S/C31H23N.C15H16/c1-20-14-17-31-29(18-20)27-12-6-7-13-30(27)32(31)21-15-16-26-24-10-3-2-8-22(24)23-9-4-5-11-25(23)28(26)19-21;1-15(2)13-9-5-3-7-11(13)12-8-4-6-10-14(12)15/h2-6,8-12,14-19H,7,13H2,1H3;3-5,7-9H,6,10H2,1-2H3. The van der Waals surface area contributed by atoms with Gasteiger partial charge in [0.25, 0.3) is 0 Å². The molecule has 3 aliphatic rings. The zero-order valence-corrected chi connectivity index (χ0v) is 27.5. The van der Waals surface area contributed by atoms with Crippen LogP contribution >= 0.6 is 0 Å². The molecule has 3 aliphatic carbocycles.